The molecule has 0 unspecified atom stereocenters. The smallest absolute Gasteiger partial charge is 0.196 e. The van der Waals surface area contributed by atoms with Gasteiger partial charge in [0.05, 0.1) is 5.69 Å². The molecule has 0 aliphatic rings. The van der Waals surface area contributed by atoms with Crippen molar-refractivity contribution in [1.82, 2.24) is 25.2 Å². The van der Waals surface area contributed by atoms with Crippen molar-refractivity contribution in [3.63, 3.8) is 0 Å². The molecule has 0 spiro atoms. The van der Waals surface area contributed by atoms with Crippen molar-refractivity contribution in [3.05, 3.63) is 47.1 Å². The molecule has 1 radical (unpaired) electrons. The first kappa shape index (κ1) is 10.2. The molecule has 6 heteroatoms. The molecule has 0 atom stereocenters. The van der Waals surface area contributed by atoms with Gasteiger partial charge in [0.1, 0.15) is 0 Å². The van der Waals surface area contributed by atoms with Gasteiger partial charge in [0.15, 0.2) is 5.82 Å². The fraction of sp³-hybridized carbons (Fsp3) is 0. The molecule has 5 nitrogen and oxygen atoms in total. The molecule has 3 aromatic rings. The highest BCUT2D eigenvalue weighted by Gasteiger charge is 2.11. The molecule has 3 rings (SSSR count). The third-order valence-electron chi connectivity index (χ3n) is 2.35. The topological polar surface area (TPSA) is 59.4 Å². The molecule has 0 bridgehead atoms. The molecule has 0 aliphatic heterocycles. The van der Waals surface area contributed by atoms with E-state index in [1.807, 2.05) is 41.1 Å². The standard InChI is InChI=1S/C11H7BrN5/c12-8-6-10(11-13-15-16-14-11)17(7-8)9-4-2-1-3-5-9/h2-7H,(H,13,14,15,16). The van der Waals surface area contributed by atoms with Crippen LogP contribution in [0.2, 0.25) is 0 Å². The van der Waals surface area contributed by atoms with Crippen molar-refractivity contribution in [2.45, 2.75) is 0 Å². The molecule has 0 saturated carbocycles. The Labute approximate surface area is 106 Å². The summed E-state index contributed by atoms with van der Waals surface area (Å²) in [5, 5.41) is 13.8. The lowest BCUT2D eigenvalue weighted by molar-refractivity contribution is 0.881. The van der Waals surface area contributed by atoms with Crippen molar-refractivity contribution in [2.24, 2.45) is 0 Å². The van der Waals surface area contributed by atoms with E-state index in [2.05, 4.69) is 42.6 Å². The molecule has 1 N–H and O–H groups in total. The Kier molecular flexibility index (Phi) is 2.49. The molecular formula is C11H7BrN5. The van der Waals surface area contributed by atoms with Crippen molar-refractivity contribution in [2.75, 3.05) is 0 Å². The number of hydrogen-bond donors (Lipinski definition) is 1. The Morgan fingerprint density at radius 3 is 2.82 bits per heavy atom. The van der Waals surface area contributed by atoms with Crippen molar-refractivity contribution >= 4 is 15.9 Å². The summed E-state index contributed by atoms with van der Waals surface area (Å²) < 4.78 is 2.97. The number of nitrogens with one attached hydrogen (secondary N) is 1. The van der Waals surface area contributed by atoms with E-state index >= 15 is 0 Å². The van der Waals surface area contributed by atoms with Crippen LogP contribution in [0.25, 0.3) is 17.2 Å². The number of aromatic nitrogens is 5. The minimum absolute atomic E-state index is 0.628. The lowest BCUT2D eigenvalue weighted by Gasteiger charge is -2.05. The van der Waals surface area contributed by atoms with Crippen LogP contribution in [0.5, 0.6) is 0 Å². The second-order valence-electron chi connectivity index (χ2n) is 3.42. The predicted molar refractivity (Wildman–Crippen MR) is 65.5 cm³/mol. The number of benzene rings is 1. The van der Waals surface area contributed by atoms with Gasteiger partial charge in [-0.1, -0.05) is 12.1 Å². The quantitative estimate of drug-likeness (QED) is 0.787. The first-order valence-electron chi connectivity index (χ1n) is 4.93. The molecule has 0 amide bonds. The van der Waals surface area contributed by atoms with Gasteiger partial charge >= 0.3 is 0 Å². The molecule has 83 valence electrons. The highest BCUT2D eigenvalue weighted by atomic mass is 79.9. The van der Waals surface area contributed by atoms with Gasteiger partial charge in [-0.25, -0.2) is 5.10 Å². The van der Waals surface area contributed by atoms with Gasteiger partial charge in [-0.2, -0.15) is 0 Å². The zero-order valence-electron chi connectivity index (χ0n) is 8.63. The minimum Gasteiger partial charge on any atom is -0.313 e. The summed E-state index contributed by atoms with van der Waals surface area (Å²) in [5.41, 5.74) is 1.92. The predicted octanol–water partition coefficient (Wildman–Crippen LogP) is 2.22. The van der Waals surface area contributed by atoms with E-state index < -0.39 is 0 Å². The van der Waals surface area contributed by atoms with Crippen LogP contribution in [0.3, 0.4) is 0 Å². The molecule has 17 heavy (non-hydrogen) atoms. The first-order valence-corrected chi connectivity index (χ1v) is 5.72. The SMILES string of the molecule is Brc1cc(-c2nnn[nH]2)n(-c2cc[c]cc2)c1. The van der Waals surface area contributed by atoms with E-state index in [4.69, 9.17) is 0 Å². The third-order valence-corrected chi connectivity index (χ3v) is 2.79. The maximum absolute atomic E-state index is 3.92. The summed E-state index contributed by atoms with van der Waals surface area (Å²) in [6.45, 7) is 0. The number of hydrogen-bond acceptors (Lipinski definition) is 3. The average Bonchev–Trinajstić information content (AvgIpc) is 2.98. The Morgan fingerprint density at radius 2 is 2.12 bits per heavy atom. The Hall–Kier alpha value is -1.95. The molecule has 0 aliphatic carbocycles. The fourth-order valence-electron chi connectivity index (χ4n) is 1.63. The third kappa shape index (κ3) is 1.87. The van der Waals surface area contributed by atoms with Gasteiger partial charge in [-0.05, 0) is 50.6 Å². The van der Waals surface area contributed by atoms with Crippen LogP contribution in [-0.2, 0) is 0 Å². The van der Waals surface area contributed by atoms with E-state index in [0.29, 0.717) is 5.82 Å². The van der Waals surface area contributed by atoms with E-state index in [1.54, 1.807) is 0 Å². The van der Waals surface area contributed by atoms with E-state index in [9.17, 15) is 0 Å². The van der Waals surface area contributed by atoms with Gasteiger partial charge in [0.25, 0.3) is 0 Å². The largest absolute Gasteiger partial charge is 0.313 e. The van der Waals surface area contributed by atoms with Gasteiger partial charge in [-0.3, -0.25) is 0 Å². The number of halogens is 1. The first-order chi connectivity index (χ1) is 8.34. The van der Waals surface area contributed by atoms with E-state index in [-0.39, 0.29) is 0 Å². The van der Waals surface area contributed by atoms with E-state index in [0.717, 1.165) is 15.9 Å². The van der Waals surface area contributed by atoms with E-state index in [1.165, 1.54) is 0 Å². The van der Waals surface area contributed by atoms with Crippen LogP contribution in [0, 0.1) is 6.07 Å². The summed E-state index contributed by atoms with van der Waals surface area (Å²) in [5.74, 6) is 0.628. The second kappa shape index (κ2) is 4.14. The zero-order valence-corrected chi connectivity index (χ0v) is 10.2. The molecule has 1 aromatic carbocycles. The van der Waals surface area contributed by atoms with Crippen molar-refractivity contribution in [3.8, 4) is 17.2 Å². The van der Waals surface area contributed by atoms with Gasteiger partial charge < -0.3 is 4.57 Å². The van der Waals surface area contributed by atoms with Crippen molar-refractivity contribution < 1.29 is 0 Å². The monoisotopic (exact) mass is 288 g/mol. The summed E-state index contributed by atoms with van der Waals surface area (Å²) in [6, 6.07) is 12.6. The number of nitrogens with zero attached hydrogens (tertiary/aromatic N) is 4. The summed E-state index contributed by atoms with van der Waals surface area (Å²) >= 11 is 3.45. The van der Waals surface area contributed by atoms with Gasteiger partial charge in [-0.15, -0.1) is 5.10 Å². The lowest BCUT2D eigenvalue weighted by Crippen LogP contribution is -1.95. The second-order valence-corrected chi connectivity index (χ2v) is 4.34. The molecule has 0 saturated heterocycles. The number of rotatable bonds is 2. The van der Waals surface area contributed by atoms with Gasteiger partial charge in [0, 0.05) is 16.4 Å². The molecular weight excluding hydrogens is 282 g/mol. The van der Waals surface area contributed by atoms with Crippen LogP contribution in [0.1, 0.15) is 0 Å². The highest BCUT2D eigenvalue weighted by Crippen LogP contribution is 2.25. The Morgan fingerprint density at radius 1 is 1.29 bits per heavy atom. The number of H-pyrrole nitrogens is 1. The summed E-state index contributed by atoms with van der Waals surface area (Å²) in [4.78, 5) is 0. The van der Waals surface area contributed by atoms with Crippen LogP contribution >= 0.6 is 15.9 Å². The zero-order chi connectivity index (χ0) is 11.7. The summed E-state index contributed by atoms with van der Waals surface area (Å²) in [7, 11) is 0. The van der Waals surface area contributed by atoms with Crippen LogP contribution in [0.15, 0.2) is 41.0 Å². The van der Waals surface area contributed by atoms with Crippen LogP contribution in [-0.4, -0.2) is 25.2 Å². The molecule has 2 aromatic heterocycles. The maximum atomic E-state index is 3.92. The van der Waals surface area contributed by atoms with Gasteiger partial charge in [0.2, 0.25) is 0 Å². The maximum Gasteiger partial charge on any atom is 0.196 e. The lowest BCUT2D eigenvalue weighted by atomic mass is 10.3. The highest BCUT2D eigenvalue weighted by molar-refractivity contribution is 9.10. The van der Waals surface area contributed by atoms with Crippen molar-refractivity contribution in [1.29, 1.82) is 0 Å². The van der Waals surface area contributed by atoms with Crippen LogP contribution < -0.4 is 0 Å². The van der Waals surface area contributed by atoms with Crippen LogP contribution in [0.4, 0.5) is 0 Å². The summed E-state index contributed by atoms with van der Waals surface area (Å²) in [6.07, 6.45) is 1.97. The minimum atomic E-state index is 0.628. The fourth-order valence-corrected chi connectivity index (χ4v) is 2.05. The number of aromatic amines is 1. The average molecular weight is 289 g/mol. The number of tetrazole rings is 1. The molecule has 0 fully saturated rings. The normalized spacial score (nSPS) is 10.6. The Bertz CT molecular complexity index is 615. The molecule has 2 heterocycles. The Balaban J connectivity index is 2.18.